The van der Waals surface area contributed by atoms with Gasteiger partial charge in [-0.3, -0.25) is 0 Å². The lowest BCUT2D eigenvalue weighted by molar-refractivity contribution is 0.0527. The molecule has 0 aliphatic rings. The Kier molecular flexibility index (Phi) is 3.92. The van der Waals surface area contributed by atoms with Gasteiger partial charge in [0.2, 0.25) is 0 Å². The first kappa shape index (κ1) is 14.3. The minimum Gasteiger partial charge on any atom is -0.462 e. The number of aryl methyl sites for hydroxylation is 1. The highest BCUT2D eigenvalue weighted by Gasteiger charge is 2.15. The van der Waals surface area contributed by atoms with Gasteiger partial charge in [0.15, 0.2) is 0 Å². The fourth-order valence-corrected chi connectivity index (χ4v) is 2.73. The Morgan fingerprint density at radius 1 is 0.955 bits per heavy atom. The largest absolute Gasteiger partial charge is 0.462 e. The first-order valence-corrected chi connectivity index (χ1v) is 7.46. The fourth-order valence-electron chi connectivity index (χ4n) is 2.73. The van der Waals surface area contributed by atoms with E-state index in [1.165, 1.54) is 0 Å². The number of esters is 1. The molecule has 0 amide bonds. The number of hydrogen-bond acceptors (Lipinski definition) is 2. The third kappa shape index (κ3) is 2.60. The second kappa shape index (κ2) is 6.02. The van der Waals surface area contributed by atoms with Crippen molar-refractivity contribution in [3.05, 3.63) is 71.8 Å². The van der Waals surface area contributed by atoms with Crippen molar-refractivity contribution in [2.45, 2.75) is 13.8 Å². The van der Waals surface area contributed by atoms with Crippen LogP contribution in [0.3, 0.4) is 0 Å². The molecule has 0 unspecified atom stereocenters. The van der Waals surface area contributed by atoms with Gasteiger partial charge in [-0.25, -0.2) is 4.79 Å². The van der Waals surface area contributed by atoms with Gasteiger partial charge >= 0.3 is 5.97 Å². The van der Waals surface area contributed by atoms with Gasteiger partial charge in [-0.1, -0.05) is 60.2 Å². The first-order chi connectivity index (χ1) is 10.7. The van der Waals surface area contributed by atoms with E-state index < -0.39 is 0 Å². The Morgan fingerprint density at radius 3 is 2.55 bits per heavy atom. The van der Waals surface area contributed by atoms with E-state index in [0.717, 1.165) is 27.5 Å². The molecule has 3 rings (SSSR count). The van der Waals surface area contributed by atoms with Crippen LogP contribution >= 0.6 is 0 Å². The summed E-state index contributed by atoms with van der Waals surface area (Å²) < 4.78 is 5.22. The second-order valence-electron chi connectivity index (χ2n) is 5.30. The third-order valence-electron chi connectivity index (χ3n) is 3.75. The van der Waals surface area contributed by atoms with Gasteiger partial charge < -0.3 is 4.74 Å². The van der Waals surface area contributed by atoms with Crippen molar-refractivity contribution in [2.24, 2.45) is 0 Å². The molecule has 110 valence electrons. The summed E-state index contributed by atoms with van der Waals surface area (Å²) in [5, 5.41) is 2.30. The van der Waals surface area contributed by atoms with E-state index in [4.69, 9.17) is 4.74 Å². The monoisotopic (exact) mass is 290 g/mol. The summed E-state index contributed by atoms with van der Waals surface area (Å²) in [5.74, 6) is -0.269. The first-order valence-electron chi connectivity index (χ1n) is 7.46. The summed E-state index contributed by atoms with van der Waals surface area (Å²) in [6.07, 6.45) is 0. The molecule has 0 fully saturated rings. The Balaban J connectivity index is 2.24. The van der Waals surface area contributed by atoms with Crippen LogP contribution in [0.2, 0.25) is 0 Å². The number of rotatable bonds is 3. The highest BCUT2D eigenvalue weighted by molar-refractivity contribution is 6.04. The Bertz CT molecular complexity index is 829. The Hall–Kier alpha value is -2.61. The Labute approximate surface area is 130 Å². The van der Waals surface area contributed by atoms with E-state index >= 15 is 0 Å². The molecular weight excluding hydrogens is 272 g/mol. The highest BCUT2D eigenvalue weighted by Crippen LogP contribution is 2.31. The molecule has 0 aliphatic heterocycles. The van der Waals surface area contributed by atoms with Gasteiger partial charge in [-0.15, -0.1) is 0 Å². The summed E-state index contributed by atoms with van der Waals surface area (Å²) in [6.45, 7) is 4.18. The topological polar surface area (TPSA) is 26.3 Å². The molecule has 2 heteroatoms. The molecule has 0 heterocycles. The zero-order valence-electron chi connectivity index (χ0n) is 12.8. The maximum atomic E-state index is 12.3. The van der Waals surface area contributed by atoms with E-state index in [1.54, 1.807) is 0 Å². The van der Waals surface area contributed by atoms with E-state index in [1.807, 2.05) is 50.2 Å². The van der Waals surface area contributed by atoms with Crippen molar-refractivity contribution in [1.29, 1.82) is 0 Å². The molecule has 0 saturated carbocycles. The lowest BCUT2D eigenvalue weighted by Crippen LogP contribution is -2.07. The predicted molar refractivity (Wildman–Crippen MR) is 90.1 cm³/mol. The van der Waals surface area contributed by atoms with E-state index in [2.05, 4.69) is 24.3 Å². The lowest BCUT2D eigenvalue weighted by Gasteiger charge is -2.12. The maximum Gasteiger partial charge on any atom is 0.338 e. The summed E-state index contributed by atoms with van der Waals surface area (Å²) in [4.78, 5) is 12.3. The third-order valence-corrected chi connectivity index (χ3v) is 3.75. The van der Waals surface area contributed by atoms with Crippen LogP contribution in [-0.2, 0) is 4.74 Å². The number of ether oxygens (including phenoxy) is 1. The zero-order valence-corrected chi connectivity index (χ0v) is 12.8. The minimum absolute atomic E-state index is 0.269. The van der Waals surface area contributed by atoms with Crippen LogP contribution in [0.25, 0.3) is 21.9 Å². The summed E-state index contributed by atoms with van der Waals surface area (Å²) in [6, 6.07) is 20.3. The molecular formula is C20H18O2. The molecule has 3 aromatic rings. The molecule has 0 N–H and O–H groups in total. The van der Waals surface area contributed by atoms with Crippen molar-refractivity contribution >= 4 is 16.7 Å². The number of hydrogen-bond donors (Lipinski definition) is 0. The van der Waals surface area contributed by atoms with Gasteiger partial charge in [0.05, 0.1) is 12.2 Å². The van der Waals surface area contributed by atoms with Crippen LogP contribution in [-0.4, -0.2) is 12.6 Å². The van der Waals surface area contributed by atoms with Crippen molar-refractivity contribution in [2.75, 3.05) is 6.61 Å². The predicted octanol–water partition coefficient (Wildman–Crippen LogP) is 4.99. The standard InChI is InChI=1S/C20H18O2/c1-3-22-20(21)19-13-14(2)11-12-18(19)17-10-6-8-15-7-4-5-9-16(15)17/h4-13H,3H2,1-2H3. The maximum absolute atomic E-state index is 12.3. The molecule has 2 nitrogen and oxygen atoms in total. The molecule has 0 radical (unpaired) electrons. The normalized spacial score (nSPS) is 10.6. The SMILES string of the molecule is CCOC(=O)c1cc(C)ccc1-c1cccc2ccccc12. The van der Waals surface area contributed by atoms with Crippen LogP contribution in [0.4, 0.5) is 0 Å². The van der Waals surface area contributed by atoms with E-state index in [-0.39, 0.29) is 5.97 Å². The second-order valence-corrected chi connectivity index (χ2v) is 5.30. The number of carbonyl (C=O) groups excluding carboxylic acids is 1. The smallest absolute Gasteiger partial charge is 0.338 e. The van der Waals surface area contributed by atoms with E-state index in [0.29, 0.717) is 12.2 Å². The zero-order chi connectivity index (χ0) is 15.5. The molecule has 0 atom stereocenters. The molecule has 3 aromatic carbocycles. The minimum atomic E-state index is -0.269. The van der Waals surface area contributed by atoms with Gasteiger partial charge in [0, 0.05) is 0 Å². The van der Waals surface area contributed by atoms with Crippen LogP contribution in [0.15, 0.2) is 60.7 Å². The fraction of sp³-hybridized carbons (Fsp3) is 0.150. The van der Waals surface area contributed by atoms with Gasteiger partial charge in [-0.2, -0.15) is 0 Å². The molecule has 22 heavy (non-hydrogen) atoms. The average Bonchev–Trinajstić information content (AvgIpc) is 2.54. The quantitative estimate of drug-likeness (QED) is 0.635. The molecule has 0 saturated heterocycles. The summed E-state index contributed by atoms with van der Waals surface area (Å²) in [7, 11) is 0. The van der Waals surface area contributed by atoms with Crippen molar-refractivity contribution in [1.82, 2.24) is 0 Å². The molecule has 0 spiro atoms. The number of carbonyl (C=O) groups is 1. The van der Waals surface area contributed by atoms with Crippen LogP contribution in [0.1, 0.15) is 22.8 Å². The van der Waals surface area contributed by atoms with Crippen LogP contribution in [0, 0.1) is 6.92 Å². The average molecular weight is 290 g/mol. The number of fused-ring (bicyclic) bond motifs is 1. The highest BCUT2D eigenvalue weighted by atomic mass is 16.5. The van der Waals surface area contributed by atoms with Crippen molar-refractivity contribution in [3.63, 3.8) is 0 Å². The summed E-state index contributed by atoms with van der Waals surface area (Å²) in [5.41, 5.74) is 3.65. The van der Waals surface area contributed by atoms with Crippen LogP contribution < -0.4 is 0 Å². The van der Waals surface area contributed by atoms with Crippen molar-refractivity contribution < 1.29 is 9.53 Å². The van der Waals surface area contributed by atoms with Gasteiger partial charge in [0.1, 0.15) is 0 Å². The van der Waals surface area contributed by atoms with Crippen LogP contribution in [0.5, 0.6) is 0 Å². The molecule has 0 aromatic heterocycles. The van der Waals surface area contributed by atoms with Gasteiger partial charge in [0.25, 0.3) is 0 Å². The van der Waals surface area contributed by atoms with Crippen molar-refractivity contribution in [3.8, 4) is 11.1 Å². The Morgan fingerprint density at radius 2 is 1.73 bits per heavy atom. The molecule has 0 aliphatic carbocycles. The lowest BCUT2D eigenvalue weighted by atomic mass is 9.93. The summed E-state index contributed by atoms with van der Waals surface area (Å²) >= 11 is 0. The van der Waals surface area contributed by atoms with E-state index in [9.17, 15) is 4.79 Å². The number of benzene rings is 3. The van der Waals surface area contributed by atoms with Gasteiger partial charge in [-0.05, 0) is 41.8 Å². The molecule has 0 bridgehead atoms.